The maximum absolute atomic E-state index is 11.8. The molecule has 0 N–H and O–H groups in total. The Morgan fingerprint density at radius 2 is 2.12 bits per heavy atom. The Bertz CT molecular complexity index is 458. The summed E-state index contributed by atoms with van der Waals surface area (Å²) in [4.78, 5) is 23.2. The molecule has 0 aliphatic rings. The van der Waals surface area contributed by atoms with Gasteiger partial charge in [-0.15, -0.1) is 0 Å². The third-order valence-corrected chi connectivity index (χ3v) is 2.48. The molecule has 0 atom stereocenters. The maximum atomic E-state index is 11.8. The molecule has 3 nitrogen and oxygen atoms in total. The van der Waals surface area contributed by atoms with E-state index in [2.05, 4.69) is 0 Å². The van der Waals surface area contributed by atoms with E-state index in [1.165, 1.54) is 6.07 Å². The predicted molar refractivity (Wildman–Crippen MR) is 64.6 cm³/mol. The molecule has 0 aliphatic carbocycles. The highest BCUT2D eigenvalue weighted by Crippen LogP contribution is 2.09. The Labute approximate surface area is 101 Å². The molecular formula is C14H15NO2. The third kappa shape index (κ3) is 4.20. The summed E-state index contributed by atoms with van der Waals surface area (Å²) in [5.74, 6) is -0.234. The van der Waals surface area contributed by atoms with Gasteiger partial charge in [0.05, 0.1) is 18.1 Å². The summed E-state index contributed by atoms with van der Waals surface area (Å²) < 4.78 is 0. The van der Waals surface area contributed by atoms with Crippen LogP contribution in [0.4, 0.5) is 0 Å². The number of unbranched alkanes of at least 4 members (excludes halogenated alkanes) is 1. The number of carbonyl (C=O) groups excluding carboxylic acids is 2. The molecule has 0 spiro atoms. The predicted octanol–water partition coefficient (Wildman–Crippen LogP) is 2.89. The van der Waals surface area contributed by atoms with Crippen molar-refractivity contribution in [3.8, 4) is 6.07 Å². The first-order chi connectivity index (χ1) is 8.17. The lowest BCUT2D eigenvalue weighted by Crippen LogP contribution is -2.08. The molecule has 0 radical (unpaired) electrons. The average Bonchev–Trinajstić information content (AvgIpc) is 2.36. The first-order valence-electron chi connectivity index (χ1n) is 5.72. The van der Waals surface area contributed by atoms with Gasteiger partial charge in [0, 0.05) is 12.0 Å². The van der Waals surface area contributed by atoms with Crippen LogP contribution in [0.5, 0.6) is 0 Å². The van der Waals surface area contributed by atoms with Crippen molar-refractivity contribution in [2.24, 2.45) is 0 Å². The number of ketones is 2. The van der Waals surface area contributed by atoms with Crippen LogP contribution in [0.25, 0.3) is 0 Å². The largest absolute Gasteiger partial charge is 0.299 e. The van der Waals surface area contributed by atoms with Crippen LogP contribution in [-0.4, -0.2) is 11.6 Å². The van der Waals surface area contributed by atoms with Crippen LogP contribution in [0.3, 0.4) is 0 Å². The fraction of sp³-hybridized carbons (Fsp3) is 0.357. The van der Waals surface area contributed by atoms with E-state index in [0.29, 0.717) is 17.5 Å². The van der Waals surface area contributed by atoms with Crippen molar-refractivity contribution in [2.75, 3.05) is 0 Å². The van der Waals surface area contributed by atoms with Crippen LogP contribution in [-0.2, 0) is 4.79 Å². The van der Waals surface area contributed by atoms with Crippen LogP contribution in [0, 0.1) is 11.3 Å². The number of benzene rings is 1. The molecule has 0 aromatic heterocycles. The van der Waals surface area contributed by atoms with Gasteiger partial charge < -0.3 is 0 Å². The van der Waals surface area contributed by atoms with E-state index in [-0.39, 0.29) is 18.0 Å². The minimum atomic E-state index is -0.205. The summed E-state index contributed by atoms with van der Waals surface area (Å²) in [6.07, 6.45) is 2.17. The van der Waals surface area contributed by atoms with Crippen molar-refractivity contribution in [2.45, 2.75) is 32.6 Å². The van der Waals surface area contributed by atoms with Gasteiger partial charge >= 0.3 is 0 Å². The van der Waals surface area contributed by atoms with Crippen molar-refractivity contribution >= 4 is 11.6 Å². The molecule has 0 saturated heterocycles. The van der Waals surface area contributed by atoms with Crippen molar-refractivity contribution in [1.29, 1.82) is 5.26 Å². The van der Waals surface area contributed by atoms with E-state index in [0.717, 1.165) is 12.8 Å². The maximum Gasteiger partial charge on any atom is 0.170 e. The standard InChI is InChI=1S/C14H15NO2/c1-2-3-7-13(16)9-14(17)12-6-4-5-11(8-12)10-15/h4-6,8H,2-3,7,9H2,1H3. The Kier molecular flexibility index (Phi) is 5.09. The lowest BCUT2D eigenvalue weighted by Gasteiger charge is -2.01. The van der Waals surface area contributed by atoms with Gasteiger partial charge in [0.25, 0.3) is 0 Å². The molecule has 88 valence electrons. The molecule has 1 rings (SSSR count). The number of carbonyl (C=O) groups is 2. The van der Waals surface area contributed by atoms with Gasteiger partial charge in [0.2, 0.25) is 0 Å². The molecule has 0 amide bonds. The molecule has 1 aromatic carbocycles. The van der Waals surface area contributed by atoms with E-state index in [9.17, 15) is 9.59 Å². The van der Waals surface area contributed by atoms with Gasteiger partial charge in [0.1, 0.15) is 5.78 Å². The fourth-order valence-corrected chi connectivity index (χ4v) is 1.51. The summed E-state index contributed by atoms with van der Waals surface area (Å²) >= 11 is 0. The lowest BCUT2D eigenvalue weighted by atomic mass is 10.0. The summed E-state index contributed by atoms with van der Waals surface area (Å²) in [5, 5.41) is 8.71. The van der Waals surface area contributed by atoms with Crippen LogP contribution in [0.15, 0.2) is 24.3 Å². The van der Waals surface area contributed by atoms with Crippen LogP contribution in [0.1, 0.15) is 48.5 Å². The summed E-state index contributed by atoms with van der Waals surface area (Å²) in [5.41, 5.74) is 0.880. The van der Waals surface area contributed by atoms with Crippen LogP contribution in [0.2, 0.25) is 0 Å². The third-order valence-electron chi connectivity index (χ3n) is 2.48. The van der Waals surface area contributed by atoms with E-state index in [1.54, 1.807) is 18.2 Å². The summed E-state index contributed by atoms with van der Waals surface area (Å²) in [6, 6.07) is 8.42. The number of hydrogen-bond acceptors (Lipinski definition) is 3. The fourth-order valence-electron chi connectivity index (χ4n) is 1.51. The second kappa shape index (κ2) is 6.59. The van der Waals surface area contributed by atoms with Gasteiger partial charge in [0.15, 0.2) is 5.78 Å². The zero-order valence-electron chi connectivity index (χ0n) is 9.90. The topological polar surface area (TPSA) is 57.9 Å². The molecule has 0 aliphatic heterocycles. The number of Topliss-reactive ketones (excluding diaryl/α,β-unsaturated/α-hetero) is 2. The van der Waals surface area contributed by atoms with Gasteiger partial charge in [-0.2, -0.15) is 5.26 Å². The Morgan fingerprint density at radius 1 is 1.35 bits per heavy atom. The van der Waals surface area contributed by atoms with Crippen molar-refractivity contribution in [1.82, 2.24) is 0 Å². The summed E-state index contributed by atoms with van der Waals surface area (Å²) in [7, 11) is 0. The Morgan fingerprint density at radius 3 is 2.76 bits per heavy atom. The SMILES string of the molecule is CCCCC(=O)CC(=O)c1cccc(C#N)c1. The van der Waals surface area contributed by atoms with Gasteiger partial charge in [-0.1, -0.05) is 25.5 Å². The van der Waals surface area contributed by atoms with Crippen molar-refractivity contribution < 1.29 is 9.59 Å². The van der Waals surface area contributed by atoms with Crippen LogP contribution >= 0.6 is 0 Å². The minimum absolute atomic E-state index is 0.0285. The summed E-state index contributed by atoms with van der Waals surface area (Å²) in [6.45, 7) is 2.01. The second-order valence-electron chi connectivity index (χ2n) is 3.93. The van der Waals surface area contributed by atoms with E-state index in [4.69, 9.17) is 5.26 Å². The van der Waals surface area contributed by atoms with Gasteiger partial charge in [-0.25, -0.2) is 0 Å². The van der Waals surface area contributed by atoms with Gasteiger partial charge in [-0.05, 0) is 18.6 Å². The molecular weight excluding hydrogens is 214 g/mol. The number of hydrogen-bond donors (Lipinski definition) is 0. The van der Waals surface area contributed by atoms with E-state index in [1.807, 2.05) is 13.0 Å². The average molecular weight is 229 g/mol. The Balaban J connectivity index is 2.64. The zero-order valence-corrected chi connectivity index (χ0v) is 9.90. The second-order valence-corrected chi connectivity index (χ2v) is 3.93. The van der Waals surface area contributed by atoms with E-state index < -0.39 is 0 Å². The van der Waals surface area contributed by atoms with E-state index >= 15 is 0 Å². The molecule has 17 heavy (non-hydrogen) atoms. The Hall–Kier alpha value is -1.95. The molecule has 1 aromatic rings. The first kappa shape index (κ1) is 13.1. The molecule has 0 bridgehead atoms. The lowest BCUT2D eigenvalue weighted by molar-refractivity contribution is -0.118. The molecule has 3 heteroatoms. The van der Waals surface area contributed by atoms with Gasteiger partial charge in [-0.3, -0.25) is 9.59 Å². The molecule has 0 unspecified atom stereocenters. The first-order valence-corrected chi connectivity index (χ1v) is 5.72. The molecule has 0 saturated carbocycles. The minimum Gasteiger partial charge on any atom is -0.299 e. The number of nitrogens with zero attached hydrogens (tertiary/aromatic N) is 1. The smallest absolute Gasteiger partial charge is 0.170 e. The molecule has 0 fully saturated rings. The monoisotopic (exact) mass is 229 g/mol. The zero-order chi connectivity index (χ0) is 12.7. The quantitative estimate of drug-likeness (QED) is 0.556. The van der Waals surface area contributed by atoms with Crippen molar-refractivity contribution in [3.63, 3.8) is 0 Å². The van der Waals surface area contributed by atoms with Crippen LogP contribution < -0.4 is 0 Å². The molecule has 0 heterocycles. The highest BCUT2D eigenvalue weighted by molar-refractivity contribution is 6.08. The highest BCUT2D eigenvalue weighted by atomic mass is 16.1. The number of nitriles is 1. The number of rotatable bonds is 6. The highest BCUT2D eigenvalue weighted by Gasteiger charge is 2.11. The van der Waals surface area contributed by atoms with Crippen molar-refractivity contribution in [3.05, 3.63) is 35.4 Å². The normalized spacial score (nSPS) is 9.65.